The first kappa shape index (κ1) is 21.8. The Morgan fingerprint density at radius 3 is 1.89 bits per heavy atom. The van der Waals surface area contributed by atoms with Gasteiger partial charge in [-0.1, -0.05) is 0 Å². The first-order chi connectivity index (χ1) is 12.6. The second-order valence-corrected chi connectivity index (χ2v) is 7.47. The largest absolute Gasteiger partial charge is 0.416 e. The molecule has 1 unspecified atom stereocenters. The number of halogens is 6. The summed E-state index contributed by atoms with van der Waals surface area (Å²) in [5, 5.41) is 4.38. The van der Waals surface area contributed by atoms with Gasteiger partial charge in [-0.25, -0.2) is 4.79 Å². The summed E-state index contributed by atoms with van der Waals surface area (Å²) in [7, 11) is 0. The van der Waals surface area contributed by atoms with E-state index < -0.39 is 46.8 Å². The number of nitrogens with zero attached hydrogens (tertiary/aromatic N) is 1. The predicted octanol–water partition coefficient (Wildman–Crippen LogP) is 4.25. The van der Waals surface area contributed by atoms with Crippen LogP contribution in [0.15, 0.2) is 18.2 Å². The molecule has 1 heterocycles. The molecule has 1 fully saturated rings. The molecule has 1 aromatic rings. The van der Waals surface area contributed by atoms with E-state index in [2.05, 4.69) is 5.32 Å². The molecule has 5 nitrogen and oxygen atoms in total. The fourth-order valence-corrected chi connectivity index (χ4v) is 2.83. The second kappa shape index (κ2) is 7.17. The minimum absolute atomic E-state index is 0.0128. The molecule has 1 aromatic carbocycles. The van der Waals surface area contributed by atoms with E-state index in [1.165, 1.54) is 4.90 Å². The monoisotopic (exact) mass is 411 g/mol. The summed E-state index contributed by atoms with van der Waals surface area (Å²) in [6.07, 6.45) is -10.0. The minimum atomic E-state index is -5.01. The lowest BCUT2D eigenvalue weighted by Crippen LogP contribution is -2.45. The van der Waals surface area contributed by atoms with Crippen molar-refractivity contribution in [2.45, 2.75) is 51.1 Å². The zero-order valence-corrected chi connectivity index (χ0v) is 15.3. The molecule has 0 aliphatic carbocycles. The maximum Gasteiger partial charge on any atom is 0.416 e. The number of carbonyl (C=O) groups excluding carboxylic acids is 2. The predicted molar refractivity (Wildman–Crippen MR) is 88.5 cm³/mol. The van der Waals surface area contributed by atoms with Crippen LogP contribution in [0.2, 0.25) is 0 Å². The van der Waals surface area contributed by atoms with E-state index >= 15 is 0 Å². The Morgan fingerprint density at radius 1 is 1.00 bits per heavy atom. The molecule has 0 radical (unpaired) electrons. The molecule has 1 saturated heterocycles. The van der Waals surface area contributed by atoms with Crippen molar-refractivity contribution < 1.29 is 35.9 Å². The molecule has 1 atom stereocenters. The molecular formula is C17H19F6N3O2. The number of hydrogen-bond donors (Lipinski definition) is 2. The van der Waals surface area contributed by atoms with Crippen LogP contribution >= 0.6 is 0 Å². The fraction of sp³-hybridized carbons (Fsp3) is 0.529. The Morgan fingerprint density at radius 2 is 1.50 bits per heavy atom. The van der Waals surface area contributed by atoms with Crippen LogP contribution in [-0.2, 0) is 17.1 Å². The van der Waals surface area contributed by atoms with E-state index in [-0.39, 0.29) is 24.9 Å². The van der Waals surface area contributed by atoms with Crippen LogP contribution in [0.3, 0.4) is 0 Å². The van der Waals surface area contributed by atoms with Gasteiger partial charge in [-0.2, -0.15) is 26.3 Å². The molecular weight excluding hydrogens is 392 g/mol. The maximum atomic E-state index is 12.9. The summed E-state index contributed by atoms with van der Waals surface area (Å²) in [4.78, 5) is 25.6. The summed E-state index contributed by atoms with van der Waals surface area (Å²) < 4.78 is 77.2. The molecule has 0 bridgehead atoms. The van der Waals surface area contributed by atoms with E-state index in [4.69, 9.17) is 0 Å². The number of likely N-dealkylation sites (tertiary alicyclic amines) is 1. The van der Waals surface area contributed by atoms with Crippen molar-refractivity contribution in [1.82, 2.24) is 10.2 Å². The van der Waals surface area contributed by atoms with Crippen molar-refractivity contribution in [3.05, 3.63) is 29.3 Å². The summed E-state index contributed by atoms with van der Waals surface area (Å²) in [5.74, 6) is -0.212. The van der Waals surface area contributed by atoms with Gasteiger partial charge in [0.1, 0.15) is 0 Å². The summed E-state index contributed by atoms with van der Waals surface area (Å²) >= 11 is 0. The van der Waals surface area contributed by atoms with Gasteiger partial charge in [0.25, 0.3) is 0 Å². The van der Waals surface area contributed by atoms with Gasteiger partial charge in [0, 0.05) is 24.2 Å². The first-order valence-electron chi connectivity index (χ1n) is 8.25. The number of amides is 3. The van der Waals surface area contributed by atoms with Crippen LogP contribution in [-0.4, -0.2) is 35.0 Å². The van der Waals surface area contributed by atoms with Gasteiger partial charge in [-0.15, -0.1) is 0 Å². The highest BCUT2D eigenvalue weighted by atomic mass is 19.4. The molecule has 1 aliphatic rings. The van der Waals surface area contributed by atoms with Gasteiger partial charge >= 0.3 is 18.4 Å². The van der Waals surface area contributed by atoms with Gasteiger partial charge in [0.15, 0.2) is 0 Å². The van der Waals surface area contributed by atoms with Crippen LogP contribution in [0.5, 0.6) is 0 Å². The van der Waals surface area contributed by atoms with Gasteiger partial charge < -0.3 is 15.5 Å². The zero-order valence-electron chi connectivity index (χ0n) is 15.3. The van der Waals surface area contributed by atoms with Gasteiger partial charge in [0.05, 0.1) is 17.2 Å². The third-order valence-corrected chi connectivity index (χ3v) is 4.12. The number of rotatable bonds is 2. The van der Waals surface area contributed by atoms with E-state index in [9.17, 15) is 35.9 Å². The Balaban J connectivity index is 2.15. The number of anilines is 1. The molecule has 156 valence electrons. The molecule has 11 heteroatoms. The second-order valence-electron chi connectivity index (χ2n) is 7.47. The van der Waals surface area contributed by atoms with E-state index in [1.807, 2.05) is 5.32 Å². The molecule has 3 amide bonds. The van der Waals surface area contributed by atoms with Crippen LogP contribution < -0.4 is 10.6 Å². The molecule has 0 aromatic heterocycles. The number of hydrogen-bond acceptors (Lipinski definition) is 2. The SMILES string of the molecule is CC(C)(C)N1CC(NC(=O)Nc2cc(C(F)(F)F)cc(C(F)(F)F)c2)CC1=O. The normalized spacial score (nSPS) is 18.4. The maximum absolute atomic E-state index is 12.9. The third kappa shape index (κ3) is 5.29. The Hall–Kier alpha value is -2.46. The molecule has 1 aliphatic heterocycles. The smallest absolute Gasteiger partial charge is 0.336 e. The molecule has 2 rings (SSSR count). The number of carbonyl (C=O) groups is 2. The van der Waals surface area contributed by atoms with Crippen molar-refractivity contribution in [2.75, 3.05) is 11.9 Å². The standard InChI is InChI=1S/C17H19F6N3O2/c1-15(2,3)26-8-12(7-13(26)27)25-14(28)24-11-5-9(16(18,19)20)4-10(6-11)17(21,22)23/h4-6,12H,7-8H2,1-3H3,(H2,24,25,28). The number of nitrogens with one attached hydrogen (secondary N) is 2. The van der Waals surface area contributed by atoms with Gasteiger partial charge in [-0.3, -0.25) is 4.79 Å². The van der Waals surface area contributed by atoms with Crippen LogP contribution in [0, 0.1) is 0 Å². The van der Waals surface area contributed by atoms with Crippen LogP contribution in [0.25, 0.3) is 0 Å². The Labute approximate surface area is 157 Å². The highest BCUT2D eigenvalue weighted by Crippen LogP contribution is 2.37. The minimum Gasteiger partial charge on any atom is -0.336 e. The number of urea groups is 1. The molecule has 28 heavy (non-hydrogen) atoms. The fourth-order valence-electron chi connectivity index (χ4n) is 2.83. The van der Waals surface area contributed by atoms with E-state index in [1.54, 1.807) is 20.8 Å². The topological polar surface area (TPSA) is 61.4 Å². The van der Waals surface area contributed by atoms with Crippen LogP contribution in [0.4, 0.5) is 36.8 Å². The quantitative estimate of drug-likeness (QED) is 0.715. The van der Waals surface area contributed by atoms with Gasteiger partial charge in [-0.05, 0) is 39.0 Å². The van der Waals surface area contributed by atoms with Crippen molar-refractivity contribution >= 4 is 17.6 Å². The first-order valence-corrected chi connectivity index (χ1v) is 8.25. The average molecular weight is 411 g/mol. The van der Waals surface area contributed by atoms with Crippen LogP contribution in [0.1, 0.15) is 38.3 Å². The van der Waals surface area contributed by atoms with E-state index in [0.717, 1.165) is 0 Å². The summed E-state index contributed by atoms with van der Waals surface area (Å²) in [5.41, 5.74) is -4.20. The van der Waals surface area contributed by atoms with E-state index in [0.29, 0.717) is 12.1 Å². The Bertz CT molecular complexity index is 735. The zero-order chi connectivity index (χ0) is 21.5. The Kier molecular flexibility index (Phi) is 5.59. The lowest BCUT2D eigenvalue weighted by Gasteiger charge is -2.32. The number of alkyl halides is 6. The highest BCUT2D eigenvalue weighted by Gasteiger charge is 2.38. The number of benzene rings is 1. The lowest BCUT2D eigenvalue weighted by molar-refractivity contribution is -0.143. The summed E-state index contributed by atoms with van der Waals surface area (Å²) in [6.45, 7) is 5.59. The lowest BCUT2D eigenvalue weighted by atomic mass is 10.1. The van der Waals surface area contributed by atoms with Gasteiger partial charge in [0.2, 0.25) is 5.91 Å². The average Bonchev–Trinajstić information content (AvgIpc) is 2.85. The molecule has 0 saturated carbocycles. The van der Waals surface area contributed by atoms with Crippen molar-refractivity contribution in [3.63, 3.8) is 0 Å². The van der Waals surface area contributed by atoms with Crippen molar-refractivity contribution in [2.24, 2.45) is 0 Å². The third-order valence-electron chi connectivity index (χ3n) is 4.12. The molecule has 0 spiro atoms. The van der Waals surface area contributed by atoms with Crippen molar-refractivity contribution in [1.29, 1.82) is 0 Å². The molecule has 2 N–H and O–H groups in total. The highest BCUT2D eigenvalue weighted by molar-refractivity contribution is 5.90. The van der Waals surface area contributed by atoms with Crippen molar-refractivity contribution in [3.8, 4) is 0 Å². The summed E-state index contributed by atoms with van der Waals surface area (Å²) in [6, 6.07) is -0.813.